The molecule has 4 rings (SSSR count). The summed E-state index contributed by atoms with van der Waals surface area (Å²) in [5.41, 5.74) is 3.86. The Balaban J connectivity index is 1.57. The van der Waals surface area contributed by atoms with Gasteiger partial charge in [0.25, 0.3) is 0 Å². The summed E-state index contributed by atoms with van der Waals surface area (Å²) in [5, 5.41) is 8.34. The molecule has 0 saturated carbocycles. The lowest BCUT2D eigenvalue weighted by molar-refractivity contribution is 0.212. The standard InChI is InChI=1S/C20H24N4O2/c1-3-24(13-14-11-21-23(2)12-14)20(25)22-17-9-6-8-16-15-7-4-5-10-18(15)26-19(16)17/h6,8-9,11-12H,3-5,7,10,13H2,1-2H3,(H,22,25). The van der Waals surface area contributed by atoms with Gasteiger partial charge in [0.1, 0.15) is 5.76 Å². The van der Waals surface area contributed by atoms with Crippen molar-refractivity contribution in [1.29, 1.82) is 0 Å². The lowest BCUT2D eigenvalue weighted by Crippen LogP contribution is -2.34. The lowest BCUT2D eigenvalue weighted by atomic mass is 9.96. The molecule has 1 N–H and O–H groups in total. The molecular formula is C20H24N4O2. The van der Waals surface area contributed by atoms with Gasteiger partial charge in [-0.1, -0.05) is 12.1 Å². The molecule has 0 bridgehead atoms. The molecule has 0 atom stereocenters. The van der Waals surface area contributed by atoms with Crippen LogP contribution in [0.2, 0.25) is 0 Å². The van der Waals surface area contributed by atoms with Gasteiger partial charge in [-0.05, 0) is 32.3 Å². The van der Waals surface area contributed by atoms with Gasteiger partial charge < -0.3 is 14.6 Å². The summed E-state index contributed by atoms with van der Waals surface area (Å²) >= 11 is 0. The summed E-state index contributed by atoms with van der Waals surface area (Å²) in [6.07, 6.45) is 8.13. The molecule has 3 aromatic rings. The molecule has 1 aliphatic rings. The highest BCUT2D eigenvalue weighted by Gasteiger charge is 2.21. The fraction of sp³-hybridized carbons (Fsp3) is 0.400. The van der Waals surface area contributed by atoms with E-state index in [1.165, 1.54) is 18.4 Å². The van der Waals surface area contributed by atoms with Crippen molar-refractivity contribution in [3.8, 4) is 0 Å². The number of furan rings is 1. The molecule has 6 heteroatoms. The van der Waals surface area contributed by atoms with Crippen molar-refractivity contribution in [2.24, 2.45) is 7.05 Å². The van der Waals surface area contributed by atoms with E-state index in [4.69, 9.17) is 4.42 Å². The Morgan fingerprint density at radius 2 is 2.19 bits per heavy atom. The molecule has 0 radical (unpaired) electrons. The number of rotatable bonds is 4. The van der Waals surface area contributed by atoms with Crippen molar-refractivity contribution in [1.82, 2.24) is 14.7 Å². The minimum Gasteiger partial charge on any atom is -0.459 e. The van der Waals surface area contributed by atoms with Crippen LogP contribution in [0, 0.1) is 0 Å². The quantitative estimate of drug-likeness (QED) is 0.769. The summed E-state index contributed by atoms with van der Waals surface area (Å²) in [6, 6.07) is 5.86. The van der Waals surface area contributed by atoms with Crippen molar-refractivity contribution in [3.63, 3.8) is 0 Å². The predicted octanol–water partition coefficient (Wildman–Crippen LogP) is 4.10. The summed E-state index contributed by atoms with van der Waals surface area (Å²) < 4.78 is 7.86. The van der Waals surface area contributed by atoms with E-state index in [-0.39, 0.29) is 6.03 Å². The highest BCUT2D eigenvalue weighted by molar-refractivity contribution is 6.00. The third-order valence-corrected chi connectivity index (χ3v) is 5.02. The summed E-state index contributed by atoms with van der Waals surface area (Å²) in [4.78, 5) is 14.6. The zero-order valence-electron chi connectivity index (χ0n) is 15.3. The first-order chi connectivity index (χ1) is 12.7. The maximum Gasteiger partial charge on any atom is 0.322 e. The number of amides is 2. The zero-order valence-corrected chi connectivity index (χ0v) is 15.3. The van der Waals surface area contributed by atoms with E-state index < -0.39 is 0 Å². The molecule has 1 aromatic carbocycles. The number of hydrogen-bond acceptors (Lipinski definition) is 3. The van der Waals surface area contributed by atoms with Gasteiger partial charge in [-0.3, -0.25) is 4.68 Å². The van der Waals surface area contributed by atoms with Crippen LogP contribution < -0.4 is 5.32 Å². The molecule has 0 unspecified atom stereocenters. The molecule has 0 fully saturated rings. The van der Waals surface area contributed by atoms with Gasteiger partial charge in [0, 0.05) is 42.7 Å². The van der Waals surface area contributed by atoms with Crippen LogP contribution in [0.4, 0.5) is 10.5 Å². The average Bonchev–Trinajstić information content (AvgIpc) is 3.23. The Labute approximate surface area is 152 Å². The van der Waals surface area contributed by atoms with Gasteiger partial charge >= 0.3 is 6.03 Å². The predicted molar refractivity (Wildman–Crippen MR) is 101 cm³/mol. The summed E-state index contributed by atoms with van der Waals surface area (Å²) in [5.74, 6) is 1.08. The van der Waals surface area contributed by atoms with Crippen molar-refractivity contribution in [2.75, 3.05) is 11.9 Å². The van der Waals surface area contributed by atoms with Crippen LogP contribution >= 0.6 is 0 Å². The van der Waals surface area contributed by atoms with Crippen molar-refractivity contribution in [2.45, 2.75) is 39.2 Å². The monoisotopic (exact) mass is 352 g/mol. The number of aryl methyl sites for hydroxylation is 3. The Kier molecular flexibility index (Phi) is 4.41. The van der Waals surface area contributed by atoms with E-state index in [0.29, 0.717) is 13.1 Å². The van der Waals surface area contributed by atoms with E-state index in [0.717, 1.165) is 40.8 Å². The first kappa shape index (κ1) is 16.7. The zero-order chi connectivity index (χ0) is 18.1. The highest BCUT2D eigenvalue weighted by Crippen LogP contribution is 2.35. The molecular weight excluding hydrogens is 328 g/mol. The third-order valence-electron chi connectivity index (χ3n) is 5.02. The number of anilines is 1. The number of hydrogen-bond donors (Lipinski definition) is 1. The van der Waals surface area contributed by atoms with E-state index in [9.17, 15) is 4.79 Å². The minimum atomic E-state index is -0.127. The Hall–Kier alpha value is -2.76. The molecule has 2 heterocycles. The van der Waals surface area contributed by atoms with Gasteiger partial charge in [-0.2, -0.15) is 5.10 Å². The Morgan fingerprint density at radius 1 is 1.35 bits per heavy atom. The minimum absolute atomic E-state index is 0.127. The first-order valence-electron chi connectivity index (χ1n) is 9.22. The Bertz CT molecular complexity index is 941. The largest absolute Gasteiger partial charge is 0.459 e. The normalized spacial score (nSPS) is 13.6. The van der Waals surface area contributed by atoms with Crippen LogP contribution in [0.1, 0.15) is 36.7 Å². The maximum atomic E-state index is 12.8. The fourth-order valence-corrected chi connectivity index (χ4v) is 3.68. The molecule has 2 aromatic heterocycles. The third kappa shape index (κ3) is 3.07. The number of aromatic nitrogens is 2. The molecule has 0 spiro atoms. The molecule has 0 saturated heterocycles. The van der Waals surface area contributed by atoms with E-state index in [1.807, 2.05) is 32.3 Å². The van der Waals surface area contributed by atoms with Crippen LogP contribution in [0.15, 0.2) is 35.0 Å². The molecule has 136 valence electrons. The maximum absolute atomic E-state index is 12.8. The van der Waals surface area contributed by atoms with Crippen LogP contribution in [0.5, 0.6) is 0 Å². The number of urea groups is 1. The van der Waals surface area contributed by atoms with E-state index in [2.05, 4.69) is 16.5 Å². The molecule has 26 heavy (non-hydrogen) atoms. The number of benzene rings is 1. The van der Waals surface area contributed by atoms with Gasteiger partial charge in [0.15, 0.2) is 5.58 Å². The molecule has 2 amide bonds. The first-order valence-corrected chi connectivity index (χ1v) is 9.22. The molecule has 0 aliphatic heterocycles. The second-order valence-corrected chi connectivity index (χ2v) is 6.86. The van der Waals surface area contributed by atoms with Gasteiger partial charge in [-0.15, -0.1) is 0 Å². The summed E-state index contributed by atoms with van der Waals surface area (Å²) in [7, 11) is 1.87. The summed E-state index contributed by atoms with van der Waals surface area (Å²) in [6.45, 7) is 3.12. The van der Waals surface area contributed by atoms with Gasteiger partial charge in [0.2, 0.25) is 0 Å². The van der Waals surface area contributed by atoms with Crippen LogP contribution in [0.3, 0.4) is 0 Å². The second-order valence-electron chi connectivity index (χ2n) is 6.86. The second kappa shape index (κ2) is 6.86. The average molecular weight is 352 g/mol. The van der Waals surface area contributed by atoms with Gasteiger partial charge in [0.05, 0.1) is 18.4 Å². The SMILES string of the molecule is CCN(Cc1cnn(C)c1)C(=O)Nc1cccc2c3c(oc12)CCCC3. The van der Waals surface area contributed by atoms with Crippen LogP contribution in [0.25, 0.3) is 11.0 Å². The number of fused-ring (bicyclic) bond motifs is 3. The molecule has 1 aliphatic carbocycles. The van der Waals surface area contributed by atoms with E-state index in [1.54, 1.807) is 15.8 Å². The smallest absolute Gasteiger partial charge is 0.322 e. The Morgan fingerprint density at radius 3 is 2.96 bits per heavy atom. The number of carbonyl (C=O) groups excluding carboxylic acids is 1. The number of nitrogens with one attached hydrogen (secondary N) is 1. The highest BCUT2D eigenvalue weighted by atomic mass is 16.3. The molecule has 6 nitrogen and oxygen atoms in total. The van der Waals surface area contributed by atoms with Crippen molar-refractivity contribution in [3.05, 3.63) is 47.5 Å². The number of para-hydroxylation sites is 1. The van der Waals surface area contributed by atoms with Crippen LogP contribution in [-0.4, -0.2) is 27.3 Å². The van der Waals surface area contributed by atoms with Crippen molar-refractivity contribution < 1.29 is 9.21 Å². The topological polar surface area (TPSA) is 63.3 Å². The van der Waals surface area contributed by atoms with Crippen molar-refractivity contribution >= 4 is 22.7 Å². The fourth-order valence-electron chi connectivity index (χ4n) is 3.68. The van der Waals surface area contributed by atoms with E-state index >= 15 is 0 Å². The number of carbonyl (C=O) groups is 1. The number of nitrogens with zero attached hydrogens (tertiary/aromatic N) is 3. The van der Waals surface area contributed by atoms with Crippen LogP contribution in [-0.2, 0) is 26.4 Å². The van der Waals surface area contributed by atoms with Gasteiger partial charge in [-0.25, -0.2) is 4.79 Å². The lowest BCUT2D eigenvalue weighted by Gasteiger charge is -2.20.